The number of nitrogens with one attached hydrogen (secondary N) is 1. The first-order chi connectivity index (χ1) is 6.61. The van der Waals surface area contributed by atoms with E-state index in [0.717, 1.165) is 18.7 Å². The standard InChI is InChI=1S/C9H19N5/c1-10-8(6-13(2)3)5-9-7-14(4)12-11-9/h7-8,10H,5-6H2,1-4H3. The van der Waals surface area contributed by atoms with E-state index in [9.17, 15) is 0 Å². The molecule has 5 heteroatoms. The molecule has 0 aliphatic carbocycles. The third-order valence-corrected chi connectivity index (χ3v) is 2.10. The lowest BCUT2D eigenvalue weighted by molar-refractivity contribution is 0.345. The van der Waals surface area contributed by atoms with Gasteiger partial charge in [-0.05, 0) is 21.1 Å². The second-order valence-electron chi connectivity index (χ2n) is 3.84. The summed E-state index contributed by atoms with van der Waals surface area (Å²) in [6.45, 7) is 1.01. The van der Waals surface area contributed by atoms with Crippen molar-refractivity contribution in [1.29, 1.82) is 0 Å². The second kappa shape index (κ2) is 5.07. The molecule has 1 heterocycles. The minimum absolute atomic E-state index is 0.432. The summed E-state index contributed by atoms with van der Waals surface area (Å²) in [5, 5.41) is 11.2. The Morgan fingerprint density at radius 2 is 2.29 bits per heavy atom. The topological polar surface area (TPSA) is 46.0 Å². The van der Waals surface area contributed by atoms with Crippen LogP contribution in [0, 0.1) is 0 Å². The lowest BCUT2D eigenvalue weighted by Crippen LogP contribution is -2.37. The van der Waals surface area contributed by atoms with Crippen molar-refractivity contribution in [3.05, 3.63) is 11.9 Å². The first-order valence-electron chi connectivity index (χ1n) is 4.79. The number of aromatic nitrogens is 3. The zero-order chi connectivity index (χ0) is 10.6. The molecular weight excluding hydrogens is 178 g/mol. The van der Waals surface area contributed by atoms with E-state index >= 15 is 0 Å². The summed E-state index contributed by atoms with van der Waals surface area (Å²) < 4.78 is 1.73. The summed E-state index contributed by atoms with van der Waals surface area (Å²) in [4.78, 5) is 2.16. The van der Waals surface area contributed by atoms with Gasteiger partial charge >= 0.3 is 0 Å². The first-order valence-corrected chi connectivity index (χ1v) is 4.79. The van der Waals surface area contributed by atoms with Gasteiger partial charge in [0.05, 0.1) is 5.69 Å². The van der Waals surface area contributed by atoms with Crippen LogP contribution in [0.2, 0.25) is 0 Å². The van der Waals surface area contributed by atoms with Gasteiger partial charge in [0.25, 0.3) is 0 Å². The van der Waals surface area contributed by atoms with Crippen molar-refractivity contribution in [1.82, 2.24) is 25.2 Å². The van der Waals surface area contributed by atoms with Gasteiger partial charge in [0.15, 0.2) is 0 Å². The molecule has 1 rings (SSSR count). The van der Waals surface area contributed by atoms with E-state index in [1.165, 1.54) is 0 Å². The molecule has 0 aromatic carbocycles. The number of aryl methyl sites for hydroxylation is 1. The molecule has 0 radical (unpaired) electrons. The van der Waals surface area contributed by atoms with Gasteiger partial charge in [-0.1, -0.05) is 5.21 Å². The van der Waals surface area contributed by atoms with Crippen molar-refractivity contribution >= 4 is 0 Å². The van der Waals surface area contributed by atoms with E-state index in [1.807, 2.05) is 20.3 Å². The van der Waals surface area contributed by atoms with Gasteiger partial charge in [0.2, 0.25) is 0 Å². The summed E-state index contributed by atoms with van der Waals surface area (Å²) in [5.74, 6) is 0. The summed E-state index contributed by atoms with van der Waals surface area (Å²) in [5.41, 5.74) is 1.04. The second-order valence-corrected chi connectivity index (χ2v) is 3.84. The molecule has 1 aromatic rings. The molecule has 5 nitrogen and oxygen atoms in total. The van der Waals surface area contributed by atoms with E-state index in [1.54, 1.807) is 4.68 Å². The average molecular weight is 197 g/mol. The van der Waals surface area contributed by atoms with Crippen LogP contribution in [-0.2, 0) is 13.5 Å². The average Bonchev–Trinajstić information content (AvgIpc) is 2.49. The Labute approximate surface area is 85.1 Å². The number of hydrogen-bond donors (Lipinski definition) is 1. The Morgan fingerprint density at radius 3 is 2.71 bits per heavy atom. The molecule has 0 bridgehead atoms. The van der Waals surface area contributed by atoms with Crippen molar-refractivity contribution < 1.29 is 0 Å². The molecule has 14 heavy (non-hydrogen) atoms. The number of rotatable bonds is 5. The highest BCUT2D eigenvalue weighted by Gasteiger charge is 2.10. The highest BCUT2D eigenvalue weighted by molar-refractivity contribution is 4.96. The third-order valence-electron chi connectivity index (χ3n) is 2.10. The van der Waals surface area contributed by atoms with Crippen LogP contribution in [0.25, 0.3) is 0 Å². The molecular formula is C9H19N5. The van der Waals surface area contributed by atoms with Crippen LogP contribution < -0.4 is 5.32 Å². The highest BCUT2D eigenvalue weighted by atomic mass is 15.4. The monoisotopic (exact) mass is 197 g/mol. The molecule has 1 aromatic heterocycles. The maximum Gasteiger partial charge on any atom is 0.0843 e. The van der Waals surface area contributed by atoms with E-state index < -0.39 is 0 Å². The molecule has 0 aliphatic heterocycles. The smallest absolute Gasteiger partial charge is 0.0843 e. The quantitative estimate of drug-likeness (QED) is 0.692. The molecule has 0 fully saturated rings. The van der Waals surface area contributed by atoms with Gasteiger partial charge in [0, 0.05) is 32.3 Å². The van der Waals surface area contributed by atoms with E-state index in [-0.39, 0.29) is 0 Å². The Bertz CT molecular complexity index is 268. The maximum absolute atomic E-state index is 4.07. The fourth-order valence-electron chi connectivity index (χ4n) is 1.44. The number of nitrogens with zero attached hydrogens (tertiary/aromatic N) is 4. The Kier molecular flexibility index (Phi) is 4.03. The van der Waals surface area contributed by atoms with Gasteiger partial charge < -0.3 is 10.2 Å². The van der Waals surface area contributed by atoms with Crippen molar-refractivity contribution in [3.8, 4) is 0 Å². The van der Waals surface area contributed by atoms with E-state index in [0.29, 0.717) is 6.04 Å². The minimum atomic E-state index is 0.432. The van der Waals surface area contributed by atoms with Crippen LogP contribution in [-0.4, -0.2) is 53.6 Å². The molecule has 0 saturated carbocycles. The molecule has 0 aliphatic rings. The summed E-state index contributed by atoms with van der Waals surface area (Å²) in [6.07, 6.45) is 2.88. The Balaban J connectivity index is 2.48. The first kappa shape index (κ1) is 11.1. The largest absolute Gasteiger partial charge is 0.315 e. The van der Waals surface area contributed by atoms with Gasteiger partial charge in [-0.25, -0.2) is 0 Å². The number of hydrogen-bond acceptors (Lipinski definition) is 4. The van der Waals surface area contributed by atoms with E-state index in [2.05, 4.69) is 34.6 Å². The van der Waals surface area contributed by atoms with Crippen LogP contribution in [0.3, 0.4) is 0 Å². The lowest BCUT2D eigenvalue weighted by atomic mass is 10.1. The predicted molar refractivity (Wildman–Crippen MR) is 56.1 cm³/mol. The van der Waals surface area contributed by atoms with Crippen molar-refractivity contribution in [2.24, 2.45) is 7.05 Å². The zero-order valence-corrected chi connectivity index (χ0v) is 9.36. The Morgan fingerprint density at radius 1 is 1.57 bits per heavy atom. The van der Waals surface area contributed by atoms with Crippen LogP contribution >= 0.6 is 0 Å². The fraction of sp³-hybridized carbons (Fsp3) is 0.778. The lowest BCUT2D eigenvalue weighted by Gasteiger charge is -2.19. The molecule has 0 saturated heterocycles. The summed E-state index contributed by atoms with van der Waals surface area (Å²) in [6, 6.07) is 0.432. The molecule has 1 N–H and O–H groups in total. The number of likely N-dealkylation sites (N-methyl/N-ethyl adjacent to an activating group) is 2. The fourth-order valence-corrected chi connectivity index (χ4v) is 1.44. The third kappa shape index (κ3) is 3.43. The van der Waals surface area contributed by atoms with Gasteiger partial charge in [-0.3, -0.25) is 4.68 Å². The highest BCUT2D eigenvalue weighted by Crippen LogP contribution is 1.98. The van der Waals surface area contributed by atoms with Gasteiger partial charge in [-0.2, -0.15) is 0 Å². The zero-order valence-electron chi connectivity index (χ0n) is 9.36. The van der Waals surface area contributed by atoms with Crippen LogP contribution in [0.1, 0.15) is 5.69 Å². The molecule has 0 amide bonds. The van der Waals surface area contributed by atoms with Crippen molar-refractivity contribution in [3.63, 3.8) is 0 Å². The van der Waals surface area contributed by atoms with Crippen LogP contribution in [0.15, 0.2) is 6.20 Å². The van der Waals surface area contributed by atoms with E-state index in [4.69, 9.17) is 0 Å². The summed E-state index contributed by atoms with van der Waals surface area (Å²) in [7, 11) is 8.00. The van der Waals surface area contributed by atoms with Crippen molar-refractivity contribution in [2.75, 3.05) is 27.7 Å². The minimum Gasteiger partial charge on any atom is -0.315 e. The normalized spacial score (nSPS) is 13.5. The molecule has 1 unspecified atom stereocenters. The molecule has 1 atom stereocenters. The maximum atomic E-state index is 4.07. The summed E-state index contributed by atoms with van der Waals surface area (Å²) >= 11 is 0. The predicted octanol–water partition coefficient (Wildman–Crippen LogP) is -0.493. The van der Waals surface area contributed by atoms with Gasteiger partial charge in [-0.15, -0.1) is 5.10 Å². The Hall–Kier alpha value is -0.940. The SMILES string of the molecule is CNC(Cc1cn(C)nn1)CN(C)C. The molecule has 0 spiro atoms. The molecule has 80 valence electrons. The van der Waals surface area contributed by atoms with Crippen LogP contribution in [0.4, 0.5) is 0 Å². The van der Waals surface area contributed by atoms with Crippen molar-refractivity contribution in [2.45, 2.75) is 12.5 Å². The van der Waals surface area contributed by atoms with Crippen LogP contribution in [0.5, 0.6) is 0 Å². The van der Waals surface area contributed by atoms with Gasteiger partial charge in [0.1, 0.15) is 0 Å².